The van der Waals surface area contributed by atoms with Crippen LogP contribution in [0.1, 0.15) is 29.1 Å². The molecule has 0 bridgehead atoms. The molecular formula is C19H13FN2O4. The minimum Gasteiger partial charge on any atom is -0.383 e. The third-order valence-electron chi connectivity index (χ3n) is 4.68. The summed E-state index contributed by atoms with van der Waals surface area (Å²) in [7, 11) is 0. The standard InChI is InChI=1S/C19H13FN2O4/c1-10-16-9-12-8-13(20)4-7-15(12)21(16)19(24)17(10)18(23)11-2-5-14(6-3-11)22(25)26/h2-9,18,23H,1H3. The number of halogens is 1. The maximum Gasteiger partial charge on any atom is 0.269 e. The number of non-ortho nitro benzene ring substituents is 1. The van der Waals surface area contributed by atoms with Gasteiger partial charge in [-0.2, -0.15) is 0 Å². The van der Waals surface area contributed by atoms with Gasteiger partial charge in [-0.05, 0) is 54.5 Å². The highest BCUT2D eigenvalue weighted by Gasteiger charge is 2.34. The van der Waals surface area contributed by atoms with E-state index in [4.69, 9.17) is 0 Å². The first-order valence-corrected chi connectivity index (χ1v) is 7.87. The lowest BCUT2D eigenvalue weighted by Gasteiger charge is -2.13. The van der Waals surface area contributed by atoms with Crippen LogP contribution in [0.3, 0.4) is 0 Å². The van der Waals surface area contributed by atoms with Crippen molar-refractivity contribution in [1.82, 2.24) is 4.57 Å². The van der Waals surface area contributed by atoms with Gasteiger partial charge < -0.3 is 5.11 Å². The normalized spacial score (nSPS) is 14.8. The van der Waals surface area contributed by atoms with Crippen molar-refractivity contribution >= 4 is 28.1 Å². The van der Waals surface area contributed by atoms with E-state index < -0.39 is 11.0 Å². The lowest BCUT2D eigenvalue weighted by atomic mass is 9.97. The number of nitro benzene ring substituents is 1. The summed E-state index contributed by atoms with van der Waals surface area (Å²) in [5.74, 6) is -0.771. The van der Waals surface area contributed by atoms with E-state index in [1.807, 2.05) is 0 Å². The zero-order chi connectivity index (χ0) is 18.6. The Bertz CT molecular complexity index is 1110. The molecule has 0 saturated carbocycles. The number of hydrogen-bond acceptors (Lipinski definition) is 4. The van der Waals surface area contributed by atoms with E-state index in [9.17, 15) is 24.4 Å². The van der Waals surface area contributed by atoms with Gasteiger partial charge in [0.25, 0.3) is 11.6 Å². The van der Waals surface area contributed by atoms with E-state index in [2.05, 4.69) is 0 Å². The summed E-state index contributed by atoms with van der Waals surface area (Å²) in [6.07, 6.45) is -1.21. The highest BCUT2D eigenvalue weighted by molar-refractivity contribution is 6.14. The third-order valence-corrected chi connectivity index (χ3v) is 4.68. The number of fused-ring (bicyclic) bond motifs is 3. The minimum atomic E-state index is -1.21. The maximum atomic E-state index is 13.4. The van der Waals surface area contributed by atoms with Crippen LogP contribution in [0.2, 0.25) is 0 Å². The van der Waals surface area contributed by atoms with Gasteiger partial charge in [0.15, 0.2) is 0 Å². The lowest BCUT2D eigenvalue weighted by molar-refractivity contribution is -0.384. The average molecular weight is 352 g/mol. The predicted molar refractivity (Wildman–Crippen MR) is 93.2 cm³/mol. The zero-order valence-electron chi connectivity index (χ0n) is 13.6. The fourth-order valence-corrected chi connectivity index (χ4v) is 3.37. The molecule has 7 heteroatoms. The molecule has 1 aromatic heterocycles. The largest absolute Gasteiger partial charge is 0.383 e. The van der Waals surface area contributed by atoms with Crippen molar-refractivity contribution in [3.05, 3.63) is 81.3 Å². The summed E-state index contributed by atoms with van der Waals surface area (Å²) in [6.45, 7) is 1.72. The monoisotopic (exact) mass is 352 g/mol. The average Bonchev–Trinajstić information content (AvgIpc) is 3.10. The molecule has 6 nitrogen and oxygen atoms in total. The summed E-state index contributed by atoms with van der Waals surface area (Å²) >= 11 is 0. The van der Waals surface area contributed by atoms with Crippen LogP contribution < -0.4 is 0 Å². The van der Waals surface area contributed by atoms with Crippen LogP contribution in [0.5, 0.6) is 0 Å². The summed E-state index contributed by atoms with van der Waals surface area (Å²) in [4.78, 5) is 23.1. The SMILES string of the molecule is CC1=C(C(O)c2ccc([N+](=O)[O-])cc2)C(=O)n2c1cc1cc(F)ccc12. The molecule has 130 valence electrons. The number of benzene rings is 2. The van der Waals surface area contributed by atoms with Crippen molar-refractivity contribution in [1.29, 1.82) is 0 Å². The van der Waals surface area contributed by atoms with Gasteiger partial charge in [-0.1, -0.05) is 0 Å². The Morgan fingerprint density at radius 2 is 1.85 bits per heavy atom. The van der Waals surface area contributed by atoms with Crippen molar-refractivity contribution in [2.24, 2.45) is 0 Å². The molecule has 0 amide bonds. The van der Waals surface area contributed by atoms with Crippen molar-refractivity contribution in [3.8, 4) is 0 Å². The maximum absolute atomic E-state index is 13.4. The Labute approximate surface area is 146 Å². The molecule has 2 aromatic carbocycles. The molecule has 4 rings (SSSR count). The number of carbonyl (C=O) groups is 1. The van der Waals surface area contributed by atoms with Gasteiger partial charge in [0.05, 0.1) is 21.7 Å². The van der Waals surface area contributed by atoms with Crippen molar-refractivity contribution in [3.63, 3.8) is 0 Å². The smallest absolute Gasteiger partial charge is 0.269 e. The first-order valence-electron chi connectivity index (χ1n) is 7.87. The second-order valence-electron chi connectivity index (χ2n) is 6.16. The van der Waals surface area contributed by atoms with Crippen LogP contribution in [0.25, 0.3) is 16.5 Å². The molecule has 1 unspecified atom stereocenters. The first-order chi connectivity index (χ1) is 12.4. The van der Waals surface area contributed by atoms with Gasteiger partial charge in [0, 0.05) is 17.5 Å². The quantitative estimate of drug-likeness (QED) is 0.573. The lowest BCUT2D eigenvalue weighted by Crippen LogP contribution is -2.14. The number of aromatic nitrogens is 1. The fourth-order valence-electron chi connectivity index (χ4n) is 3.37. The van der Waals surface area contributed by atoms with Crippen LogP contribution in [0.4, 0.5) is 10.1 Å². The van der Waals surface area contributed by atoms with Crippen LogP contribution in [0, 0.1) is 15.9 Å². The molecule has 0 saturated heterocycles. The highest BCUT2D eigenvalue weighted by atomic mass is 19.1. The van der Waals surface area contributed by atoms with Crippen LogP contribution in [-0.4, -0.2) is 20.5 Å². The van der Waals surface area contributed by atoms with Crippen LogP contribution in [0.15, 0.2) is 54.1 Å². The number of hydrogen-bond donors (Lipinski definition) is 1. The van der Waals surface area contributed by atoms with Crippen molar-refractivity contribution in [2.45, 2.75) is 13.0 Å². The second-order valence-corrected chi connectivity index (χ2v) is 6.16. The molecule has 1 N–H and O–H groups in total. The van der Waals surface area contributed by atoms with Gasteiger partial charge >= 0.3 is 0 Å². The molecule has 2 heterocycles. The predicted octanol–water partition coefficient (Wildman–Crippen LogP) is 3.85. The number of aliphatic hydroxyl groups excluding tert-OH is 1. The molecule has 0 spiro atoms. The Morgan fingerprint density at radius 3 is 2.50 bits per heavy atom. The molecule has 0 fully saturated rings. The second kappa shape index (κ2) is 5.60. The number of rotatable bonds is 3. The summed E-state index contributed by atoms with van der Waals surface area (Å²) in [5, 5.41) is 22.0. The number of aliphatic hydroxyl groups is 1. The van der Waals surface area contributed by atoms with E-state index in [1.165, 1.54) is 47.0 Å². The summed E-state index contributed by atoms with van der Waals surface area (Å²) in [5.41, 5.74) is 2.27. The Balaban J connectivity index is 1.78. The van der Waals surface area contributed by atoms with E-state index >= 15 is 0 Å². The van der Waals surface area contributed by atoms with Gasteiger partial charge in [0.1, 0.15) is 11.9 Å². The van der Waals surface area contributed by atoms with Gasteiger partial charge in [-0.25, -0.2) is 4.39 Å². The van der Waals surface area contributed by atoms with Crippen LogP contribution in [-0.2, 0) is 0 Å². The topological polar surface area (TPSA) is 85.4 Å². The minimum absolute atomic E-state index is 0.0938. The Morgan fingerprint density at radius 1 is 1.15 bits per heavy atom. The van der Waals surface area contributed by atoms with Gasteiger partial charge in [-0.3, -0.25) is 19.5 Å². The van der Waals surface area contributed by atoms with Crippen molar-refractivity contribution in [2.75, 3.05) is 0 Å². The van der Waals surface area contributed by atoms with E-state index in [0.717, 1.165) is 0 Å². The molecule has 3 aromatic rings. The van der Waals surface area contributed by atoms with E-state index in [-0.39, 0.29) is 23.0 Å². The summed E-state index contributed by atoms with van der Waals surface area (Å²) < 4.78 is 14.9. The van der Waals surface area contributed by atoms with Gasteiger partial charge in [-0.15, -0.1) is 0 Å². The van der Waals surface area contributed by atoms with E-state index in [0.29, 0.717) is 27.7 Å². The molecule has 1 atom stereocenters. The number of nitrogens with zero attached hydrogens (tertiary/aromatic N) is 2. The third kappa shape index (κ3) is 2.25. The molecule has 0 aliphatic carbocycles. The first kappa shape index (κ1) is 16.2. The van der Waals surface area contributed by atoms with E-state index in [1.54, 1.807) is 13.0 Å². The molecule has 1 aliphatic heterocycles. The molecular weight excluding hydrogens is 339 g/mol. The Kier molecular flexibility index (Phi) is 3.48. The number of nitro groups is 1. The fraction of sp³-hybridized carbons (Fsp3) is 0.105. The van der Waals surface area contributed by atoms with Crippen molar-refractivity contribution < 1.29 is 19.2 Å². The molecule has 1 aliphatic rings. The molecule has 26 heavy (non-hydrogen) atoms. The highest BCUT2D eigenvalue weighted by Crippen LogP contribution is 2.39. The summed E-state index contributed by atoms with van der Waals surface area (Å²) in [6, 6.07) is 11.3. The van der Waals surface area contributed by atoms with Crippen LogP contribution >= 0.6 is 0 Å². The Hall–Kier alpha value is -3.32. The van der Waals surface area contributed by atoms with Gasteiger partial charge in [0.2, 0.25) is 0 Å². The number of allylic oxidation sites excluding steroid dienone is 1. The number of carbonyl (C=O) groups excluding carboxylic acids is 1. The molecule has 0 radical (unpaired) electrons. The zero-order valence-corrected chi connectivity index (χ0v) is 13.6.